The van der Waals surface area contributed by atoms with Gasteiger partial charge < -0.3 is 5.32 Å². The van der Waals surface area contributed by atoms with Crippen LogP contribution in [0.4, 0.5) is 0 Å². The molecule has 1 atom stereocenters. The van der Waals surface area contributed by atoms with Gasteiger partial charge in [-0.2, -0.15) is 0 Å². The fourth-order valence-electron chi connectivity index (χ4n) is 2.77. The van der Waals surface area contributed by atoms with E-state index in [2.05, 4.69) is 26.1 Å². The Bertz CT molecular complexity index is 130. The van der Waals surface area contributed by atoms with Gasteiger partial charge in [-0.1, -0.05) is 40.0 Å². The molecule has 0 aromatic rings. The molecule has 0 spiro atoms. The van der Waals surface area contributed by atoms with E-state index < -0.39 is 0 Å². The van der Waals surface area contributed by atoms with Gasteiger partial charge in [0.1, 0.15) is 0 Å². The van der Waals surface area contributed by atoms with Gasteiger partial charge in [-0.25, -0.2) is 0 Å². The van der Waals surface area contributed by atoms with Crippen LogP contribution in [0.1, 0.15) is 59.3 Å². The highest BCUT2D eigenvalue weighted by atomic mass is 14.9. The van der Waals surface area contributed by atoms with Crippen LogP contribution < -0.4 is 5.32 Å². The van der Waals surface area contributed by atoms with Crippen LogP contribution in [0.5, 0.6) is 0 Å². The first-order valence-corrected chi connectivity index (χ1v) is 6.51. The average Bonchev–Trinajstić information content (AvgIpc) is 2.19. The van der Waals surface area contributed by atoms with Gasteiger partial charge in [0.05, 0.1) is 0 Å². The molecule has 0 saturated heterocycles. The summed E-state index contributed by atoms with van der Waals surface area (Å²) in [5.74, 6) is 1.95. The lowest BCUT2D eigenvalue weighted by Crippen LogP contribution is -2.37. The summed E-state index contributed by atoms with van der Waals surface area (Å²) in [6, 6.07) is 0.803. The van der Waals surface area contributed by atoms with Gasteiger partial charge in [0.2, 0.25) is 0 Å². The molecule has 0 radical (unpaired) electrons. The molecule has 0 aromatic heterocycles. The van der Waals surface area contributed by atoms with Gasteiger partial charge in [0.15, 0.2) is 0 Å². The van der Waals surface area contributed by atoms with Crippen LogP contribution in [0.25, 0.3) is 0 Å². The van der Waals surface area contributed by atoms with Gasteiger partial charge in [0, 0.05) is 6.04 Å². The standard InChI is InChI=1S/C13H27N/c1-4-6-13(14-5-2)12-9-7-11(3)8-10-12/h11-14H,4-10H2,1-3H3. The predicted octanol–water partition coefficient (Wildman–Crippen LogP) is 3.59. The topological polar surface area (TPSA) is 12.0 Å². The maximum Gasteiger partial charge on any atom is 0.00951 e. The Morgan fingerprint density at radius 1 is 1.14 bits per heavy atom. The molecule has 1 heteroatoms. The lowest BCUT2D eigenvalue weighted by molar-refractivity contribution is 0.223. The first-order valence-electron chi connectivity index (χ1n) is 6.51. The maximum absolute atomic E-state index is 3.67. The molecule has 14 heavy (non-hydrogen) atoms. The molecule has 0 heterocycles. The minimum atomic E-state index is 0.803. The number of hydrogen-bond donors (Lipinski definition) is 1. The van der Waals surface area contributed by atoms with Crippen molar-refractivity contribution in [3.8, 4) is 0 Å². The van der Waals surface area contributed by atoms with Crippen molar-refractivity contribution in [3.05, 3.63) is 0 Å². The van der Waals surface area contributed by atoms with Crippen molar-refractivity contribution in [2.75, 3.05) is 6.54 Å². The fraction of sp³-hybridized carbons (Fsp3) is 1.00. The smallest absolute Gasteiger partial charge is 0.00951 e. The summed E-state index contributed by atoms with van der Waals surface area (Å²) in [6.07, 6.45) is 8.51. The Morgan fingerprint density at radius 3 is 2.29 bits per heavy atom. The second kappa shape index (κ2) is 6.44. The summed E-state index contributed by atoms with van der Waals surface area (Å²) in [7, 11) is 0. The monoisotopic (exact) mass is 197 g/mol. The van der Waals surface area contributed by atoms with Crippen molar-refractivity contribution in [2.24, 2.45) is 11.8 Å². The molecule has 1 nitrogen and oxygen atoms in total. The van der Waals surface area contributed by atoms with Crippen LogP contribution in [0.3, 0.4) is 0 Å². The van der Waals surface area contributed by atoms with Gasteiger partial charge in [-0.05, 0) is 37.6 Å². The van der Waals surface area contributed by atoms with Crippen molar-refractivity contribution in [1.82, 2.24) is 5.32 Å². The predicted molar refractivity (Wildman–Crippen MR) is 63.5 cm³/mol. The Labute approximate surface area is 89.7 Å². The molecule has 1 saturated carbocycles. The van der Waals surface area contributed by atoms with E-state index >= 15 is 0 Å². The third kappa shape index (κ3) is 3.61. The van der Waals surface area contributed by atoms with E-state index in [1.807, 2.05) is 0 Å². The van der Waals surface area contributed by atoms with Gasteiger partial charge in [-0.3, -0.25) is 0 Å². The van der Waals surface area contributed by atoms with E-state index in [1.54, 1.807) is 0 Å². The molecular weight excluding hydrogens is 170 g/mol. The molecule has 0 aliphatic heterocycles. The van der Waals surface area contributed by atoms with E-state index in [0.717, 1.165) is 24.4 Å². The molecule has 1 unspecified atom stereocenters. The first kappa shape index (κ1) is 12.0. The van der Waals surface area contributed by atoms with E-state index in [4.69, 9.17) is 0 Å². The zero-order chi connectivity index (χ0) is 10.4. The van der Waals surface area contributed by atoms with Crippen molar-refractivity contribution in [1.29, 1.82) is 0 Å². The molecule has 1 fully saturated rings. The fourth-order valence-corrected chi connectivity index (χ4v) is 2.77. The minimum absolute atomic E-state index is 0.803. The van der Waals surface area contributed by atoms with Gasteiger partial charge >= 0.3 is 0 Å². The normalized spacial score (nSPS) is 30.2. The van der Waals surface area contributed by atoms with E-state index in [1.165, 1.54) is 38.5 Å². The summed E-state index contributed by atoms with van der Waals surface area (Å²) >= 11 is 0. The highest BCUT2D eigenvalue weighted by Crippen LogP contribution is 2.31. The third-order valence-electron chi connectivity index (χ3n) is 3.70. The summed E-state index contributed by atoms with van der Waals surface area (Å²) in [4.78, 5) is 0. The second-order valence-electron chi connectivity index (χ2n) is 4.97. The zero-order valence-electron chi connectivity index (χ0n) is 10.2. The first-order chi connectivity index (χ1) is 6.77. The van der Waals surface area contributed by atoms with E-state index in [9.17, 15) is 0 Å². The van der Waals surface area contributed by atoms with Crippen LogP contribution in [-0.2, 0) is 0 Å². The Hall–Kier alpha value is -0.0400. The molecule has 0 amide bonds. The maximum atomic E-state index is 3.67. The van der Waals surface area contributed by atoms with Crippen LogP contribution in [-0.4, -0.2) is 12.6 Å². The third-order valence-corrected chi connectivity index (χ3v) is 3.70. The quantitative estimate of drug-likeness (QED) is 0.710. The molecule has 84 valence electrons. The number of rotatable bonds is 5. The largest absolute Gasteiger partial charge is 0.314 e. The van der Waals surface area contributed by atoms with E-state index in [0.29, 0.717) is 0 Å². The van der Waals surface area contributed by atoms with Crippen LogP contribution in [0.15, 0.2) is 0 Å². The number of hydrogen-bond acceptors (Lipinski definition) is 1. The second-order valence-corrected chi connectivity index (χ2v) is 4.97. The summed E-state index contributed by atoms with van der Waals surface area (Å²) < 4.78 is 0. The van der Waals surface area contributed by atoms with Crippen LogP contribution in [0, 0.1) is 11.8 Å². The lowest BCUT2D eigenvalue weighted by Gasteiger charge is -2.33. The van der Waals surface area contributed by atoms with Gasteiger partial charge in [0.25, 0.3) is 0 Å². The SMILES string of the molecule is CCCC(NCC)C1CCC(C)CC1. The van der Waals surface area contributed by atoms with Crippen LogP contribution >= 0.6 is 0 Å². The van der Waals surface area contributed by atoms with Gasteiger partial charge in [-0.15, -0.1) is 0 Å². The summed E-state index contributed by atoms with van der Waals surface area (Å²) in [5.41, 5.74) is 0. The molecule has 0 aromatic carbocycles. The highest BCUT2D eigenvalue weighted by molar-refractivity contribution is 4.80. The van der Waals surface area contributed by atoms with Crippen LogP contribution in [0.2, 0.25) is 0 Å². The molecular formula is C13H27N. The van der Waals surface area contributed by atoms with Crippen molar-refractivity contribution < 1.29 is 0 Å². The molecule has 0 bridgehead atoms. The van der Waals surface area contributed by atoms with E-state index in [-0.39, 0.29) is 0 Å². The Balaban J connectivity index is 2.34. The Kier molecular flexibility index (Phi) is 5.54. The lowest BCUT2D eigenvalue weighted by atomic mass is 9.78. The summed E-state index contributed by atoms with van der Waals surface area (Å²) in [6.45, 7) is 8.07. The Morgan fingerprint density at radius 2 is 1.79 bits per heavy atom. The molecule has 1 aliphatic rings. The average molecular weight is 197 g/mol. The minimum Gasteiger partial charge on any atom is -0.314 e. The summed E-state index contributed by atoms with van der Waals surface area (Å²) in [5, 5.41) is 3.67. The molecule has 1 rings (SSSR count). The van der Waals surface area contributed by atoms with Crippen molar-refractivity contribution in [3.63, 3.8) is 0 Å². The molecule has 1 N–H and O–H groups in total. The van der Waals surface area contributed by atoms with Crippen molar-refractivity contribution in [2.45, 2.75) is 65.3 Å². The zero-order valence-corrected chi connectivity index (χ0v) is 10.2. The number of nitrogens with one attached hydrogen (secondary N) is 1. The highest BCUT2D eigenvalue weighted by Gasteiger charge is 2.24. The molecule has 1 aliphatic carbocycles. The van der Waals surface area contributed by atoms with Crippen molar-refractivity contribution >= 4 is 0 Å².